The Balaban J connectivity index is 1.57. The number of hydrogen-bond acceptors (Lipinski definition) is 17. The number of esters is 1. The predicted octanol–water partition coefficient (Wildman–Crippen LogP) is 6.92. The van der Waals surface area contributed by atoms with Crippen LogP contribution >= 0.6 is 11.3 Å². The van der Waals surface area contributed by atoms with Crippen molar-refractivity contribution >= 4 is 76.0 Å². The number of nitrogens with one attached hydrogen (secondary N) is 3. The summed E-state index contributed by atoms with van der Waals surface area (Å²) in [5, 5.41) is 30.9. The Morgan fingerprint density at radius 2 is 1.52 bits per heavy atom. The third kappa shape index (κ3) is 23.6. The molecule has 7 N–H and O–H groups in total. The summed E-state index contributed by atoms with van der Waals surface area (Å²) in [6.07, 6.45) is 7.73. The fourth-order valence-electron chi connectivity index (χ4n) is 9.68. The molecule has 1 aliphatic rings. The number of Topliss-reactive ketones (excluding diaryl/α,β-unsaturated/α-hetero) is 2. The van der Waals surface area contributed by atoms with Crippen LogP contribution in [0.3, 0.4) is 0 Å². The van der Waals surface area contributed by atoms with Crippen LogP contribution in [0.25, 0.3) is 0 Å². The zero-order valence-electron chi connectivity index (χ0n) is 51.3. The fourth-order valence-corrected chi connectivity index (χ4v) is 10.5. The number of ether oxygens (including phenoxy) is 2. The number of benzene rings is 1. The lowest BCUT2D eigenvalue weighted by molar-refractivity contribution is -0.150. The Kier molecular flexibility index (Phi) is 30.6. The number of aliphatic carboxylic acids is 1. The van der Waals surface area contributed by atoms with Crippen molar-refractivity contribution in [2.75, 3.05) is 52.8 Å². The molecular weight excluding hydrogens is 1100 g/mol. The number of likely N-dealkylation sites (N-methyl/N-ethyl adjacent to an activating group) is 1. The number of aromatic hydroxyl groups is 1. The number of thiazole rings is 1. The van der Waals surface area contributed by atoms with Crippen LogP contribution in [0.2, 0.25) is 0 Å². The van der Waals surface area contributed by atoms with E-state index in [2.05, 4.69) is 20.9 Å². The molecule has 1 aromatic carbocycles. The molecule has 0 saturated heterocycles. The number of carboxylic acid groups (broad SMARTS) is 1. The number of carbonyl (C=O) groups is 10. The average molecular weight is 1200 g/mol. The quantitative estimate of drug-likeness (QED) is 0.0170. The highest BCUT2D eigenvalue weighted by Gasteiger charge is 2.39. The van der Waals surface area contributed by atoms with Crippen molar-refractivity contribution < 1.29 is 67.6 Å². The number of nitrogens with zero attached hydrogens (tertiary/aromatic N) is 4. The van der Waals surface area contributed by atoms with Gasteiger partial charge in [-0.2, -0.15) is 0 Å². The van der Waals surface area contributed by atoms with Crippen LogP contribution in [0.4, 0.5) is 5.69 Å². The molecule has 1 aliphatic heterocycles. The highest BCUT2D eigenvalue weighted by atomic mass is 32.1. The van der Waals surface area contributed by atoms with E-state index in [1.165, 1.54) is 37.4 Å². The fraction of sp³-hybridized carbons (Fsp3) is 0.656. The maximum Gasteiger partial charge on any atom is 0.306 e. The van der Waals surface area contributed by atoms with Crippen LogP contribution in [0, 0.1) is 23.7 Å². The first-order valence-electron chi connectivity index (χ1n) is 29.5. The Labute approximate surface area is 499 Å². The van der Waals surface area contributed by atoms with E-state index in [1.807, 2.05) is 60.5 Å². The molecule has 468 valence electrons. The standard InChI is InChI=1S/C61H94N8O14S/c1-12-39(4)44(35-52(73)61(7,8)67(9)10)59(79)68(11)48(38(2)3)36-51(83-41(6)70)58-66-47(37-84-58)57(78)63-43(32-40(5)60(80)81)33-42-23-24-50(72)46(34-42)65-54(75)27-31-82-30-18-14-13-15-21-49(71)45(20-16-17-28-62)64-53(74)22-19-29-69-55(76)25-26-56(69)77/h23-26,34,37-40,43-45,48,51,72H,12-22,27-33,35-36,62H2,1-11H3,(H,63,78)(H,64,74)(H,65,75)(H,80,81)/t39-,40?,43+,44-,45-,48+,51+/m0/s1. The highest BCUT2D eigenvalue weighted by Crippen LogP contribution is 2.34. The van der Waals surface area contributed by atoms with Gasteiger partial charge >= 0.3 is 11.9 Å². The molecule has 7 atom stereocenters. The van der Waals surface area contributed by atoms with Gasteiger partial charge in [0.2, 0.25) is 17.7 Å². The minimum atomic E-state index is -1.07. The normalized spacial score (nSPS) is 15.0. The van der Waals surface area contributed by atoms with Crippen molar-refractivity contribution in [3.63, 3.8) is 0 Å². The Bertz CT molecular complexity index is 2570. The third-order valence-electron chi connectivity index (χ3n) is 15.8. The average Bonchev–Trinajstić information content (AvgIpc) is 3.71. The second-order valence-corrected chi connectivity index (χ2v) is 24.0. The van der Waals surface area contributed by atoms with Gasteiger partial charge in [0.15, 0.2) is 17.7 Å². The first-order chi connectivity index (χ1) is 39.6. The number of aromatic nitrogens is 1. The number of ketones is 2. The molecule has 0 bridgehead atoms. The van der Waals surface area contributed by atoms with Crippen LogP contribution < -0.4 is 21.7 Å². The summed E-state index contributed by atoms with van der Waals surface area (Å²) in [5.41, 5.74) is 5.55. The topological polar surface area (TPSA) is 314 Å². The molecule has 0 fully saturated rings. The van der Waals surface area contributed by atoms with E-state index in [0.29, 0.717) is 62.2 Å². The number of phenols is 1. The van der Waals surface area contributed by atoms with Gasteiger partial charge in [-0.15, -0.1) is 11.3 Å². The lowest BCUT2D eigenvalue weighted by Crippen LogP contribution is -2.50. The van der Waals surface area contributed by atoms with Crippen molar-refractivity contribution in [1.29, 1.82) is 0 Å². The van der Waals surface area contributed by atoms with E-state index in [0.717, 1.165) is 29.1 Å². The summed E-state index contributed by atoms with van der Waals surface area (Å²) >= 11 is 1.10. The minimum absolute atomic E-state index is 0.00143. The maximum atomic E-state index is 14.4. The zero-order chi connectivity index (χ0) is 62.8. The number of carboxylic acids is 1. The SMILES string of the molecule is CC[C@H](C)[C@H](CC(=O)C(C)(C)N(C)C)C(=O)N(C)[C@H](C[C@@H](OC(C)=O)c1nc(C(=O)N[C@@H](Cc2ccc(O)c(NC(=O)CCOCCCCCCC(=O)[C@H](CCCCN)NC(=O)CCCN3C(=O)C=CC3=O)c2)CC(C)C(=O)O)cs1)C(C)C. The number of unbranched alkanes of at least 4 members (excludes halogenated alkanes) is 4. The van der Waals surface area contributed by atoms with Gasteiger partial charge in [-0.05, 0) is 115 Å². The third-order valence-corrected chi connectivity index (χ3v) is 16.7. The van der Waals surface area contributed by atoms with Gasteiger partial charge in [-0.3, -0.25) is 57.7 Å². The molecule has 0 spiro atoms. The van der Waals surface area contributed by atoms with Crippen molar-refractivity contribution in [1.82, 2.24) is 30.3 Å². The summed E-state index contributed by atoms with van der Waals surface area (Å²) in [5.74, 6) is -6.05. The summed E-state index contributed by atoms with van der Waals surface area (Å²) < 4.78 is 11.5. The van der Waals surface area contributed by atoms with Crippen LogP contribution in [-0.2, 0) is 59.0 Å². The second kappa shape index (κ2) is 35.8. The molecule has 0 saturated carbocycles. The molecule has 1 aromatic heterocycles. The highest BCUT2D eigenvalue weighted by molar-refractivity contribution is 7.09. The van der Waals surface area contributed by atoms with Gasteiger partial charge in [0.1, 0.15) is 16.5 Å². The van der Waals surface area contributed by atoms with Gasteiger partial charge in [-0.25, -0.2) is 4.98 Å². The van der Waals surface area contributed by atoms with E-state index < -0.39 is 77.2 Å². The molecule has 3 rings (SSSR count). The first kappa shape index (κ1) is 71.8. The number of hydrogen-bond donors (Lipinski definition) is 6. The molecule has 6 amide bonds. The second-order valence-electron chi connectivity index (χ2n) is 23.1. The van der Waals surface area contributed by atoms with Crippen molar-refractivity contribution in [2.24, 2.45) is 29.4 Å². The summed E-state index contributed by atoms with van der Waals surface area (Å²) in [7, 11) is 5.35. The van der Waals surface area contributed by atoms with E-state index in [4.69, 9.17) is 15.2 Å². The van der Waals surface area contributed by atoms with Crippen LogP contribution in [0.5, 0.6) is 5.75 Å². The number of carbonyl (C=O) groups excluding carboxylic acids is 9. The van der Waals surface area contributed by atoms with Gasteiger partial charge in [0, 0.05) is 88.3 Å². The summed E-state index contributed by atoms with van der Waals surface area (Å²) in [6, 6.07) is 2.69. The van der Waals surface area contributed by atoms with Crippen molar-refractivity contribution in [3.8, 4) is 5.75 Å². The molecule has 22 nitrogen and oxygen atoms in total. The van der Waals surface area contributed by atoms with Crippen molar-refractivity contribution in [3.05, 3.63) is 52.0 Å². The molecule has 2 heterocycles. The van der Waals surface area contributed by atoms with Crippen LogP contribution in [0.15, 0.2) is 35.7 Å². The van der Waals surface area contributed by atoms with E-state index in [1.54, 1.807) is 24.1 Å². The Morgan fingerprint density at radius 3 is 2.14 bits per heavy atom. The molecule has 2 aromatic rings. The summed E-state index contributed by atoms with van der Waals surface area (Å²) in [6.45, 7) is 15.4. The van der Waals surface area contributed by atoms with Gasteiger partial charge in [-0.1, -0.05) is 59.9 Å². The van der Waals surface area contributed by atoms with Crippen LogP contribution in [0.1, 0.15) is 179 Å². The Morgan fingerprint density at radius 1 is 0.845 bits per heavy atom. The number of imide groups is 1. The predicted molar refractivity (Wildman–Crippen MR) is 320 cm³/mol. The largest absolute Gasteiger partial charge is 0.506 e. The van der Waals surface area contributed by atoms with E-state index >= 15 is 0 Å². The smallest absolute Gasteiger partial charge is 0.306 e. The molecule has 0 aliphatic carbocycles. The number of amides is 6. The van der Waals surface area contributed by atoms with E-state index in [-0.39, 0.29) is 117 Å². The number of anilines is 1. The molecule has 0 radical (unpaired) electrons. The summed E-state index contributed by atoms with van der Waals surface area (Å²) in [4.78, 5) is 138. The minimum Gasteiger partial charge on any atom is -0.506 e. The van der Waals surface area contributed by atoms with Gasteiger partial charge < -0.3 is 46.3 Å². The zero-order valence-corrected chi connectivity index (χ0v) is 52.1. The van der Waals surface area contributed by atoms with Crippen molar-refractivity contribution in [2.45, 2.75) is 188 Å². The van der Waals surface area contributed by atoms with E-state index in [9.17, 15) is 58.2 Å². The molecule has 1 unspecified atom stereocenters. The van der Waals surface area contributed by atoms with Gasteiger partial charge in [0.05, 0.1) is 36.2 Å². The maximum absolute atomic E-state index is 14.4. The molecule has 84 heavy (non-hydrogen) atoms. The van der Waals surface area contributed by atoms with Gasteiger partial charge in [0.25, 0.3) is 17.7 Å². The Hall–Kier alpha value is -6.43. The number of phenolic OH excluding ortho intramolecular Hbond substituents is 1. The monoisotopic (exact) mass is 1190 g/mol. The first-order valence-corrected chi connectivity index (χ1v) is 30.4. The molecule has 23 heteroatoms. The number of nitrogens with two attached hydrogens (primary N) is 1. The molecular formula is C61H94N8O14S. The number of rotatable bonds is 41. The lowest BCUT2D eigenvalue weighted by Gasteiger charge is -2.38. The van der Waals surface area contributed by atoms with Crippen LogP contribution in [-0.4, -0.2) is 160 Å². The lowest BCUT2D eigenvalue weighted by atomic mass is 9.81.